The zero-order valence-corrected chi connectivity index (χ0v) is 35.4. The molecule has 0 saturated carbocycles. The van der Waals surface area contributed by atoms with Crippen LogP contribution < -0.4 is 0 Å². The van der Waals surface area contributed by atoms with Crippen LogP contribution in [0.4, 0.5) is 0 Å². The van der Waals surface area contributed by atoms with Gasteiger partial charge in [-0.25, -0.2) is 0 Å². The van der Waals surface area contributed by atoms with Gasteiger partial charge in [-0.05, 0) is 168 Å². The van der Waals surface area contributed by atoms with Crippen LogP contribution in [0.25, 0.3) is 97.0 Å². The SMILES string of the molecule is OC(C#Cc1cc(C#CC(O)c2cc3ccc4cccc5ccc(c2)c3c45)cc(C#CC(O)c2cc3ccc4cccc5ccc(c2)c3c45)c1)c1cc2ccc3cccc4ccc(c1)c2c34. The summed E-state index contributed by atoms with van der Waals surface area (Å²) in [5.41, 5.74) is 3.90. The normalized spacial score (nSPS) is 13.1. The summed E-state index contributed by atoms with van der Waals surface area (Å²) in [6, 6.07) is 62.1. The van der Waals surface area contributed by atoms with Crippen molar-refractivity contribution in [2.45, 2.75) is 18.3 Å². The highest BCUT2D eigenvalue weighted by Gasteiger charge is 2.16. The van der Waals surface area contributed by atoms with Crippen LogP contribution in [0.3, 0.4) is 0 Å². The molecule has 0 aliphatic heterocycles. The first-order valence-corrected chi connectivity index (χ1v) is 22.1. The lowest BCUT2D eigenvalue weighted by molar-refractivity contribution is 0.238. The van der Waals surface area contributed by atoms with Crippen molar-refractivity contribution in [3.05, 3.63) is 215 Å². The van der Waals surface area contributed by atoms with E-state index in [1.54, 1.807) is 0 Å². The van der Waals surface area contributed by atoms with Crippen LogP contribution in [-0.4, -0.2) is 15.3 Å². The molecule has 0 aliphatic rings. The quantitative estimate of drug-likeness (QED) is 0.123. The molecule has 66 heavy (non-hydrogen) atoms. The Kier molecular flexibility index (Phi) is 8.53. The van der Waals surface area contributed by atoms with Crippen molar-refractivity contribution >= 4 is 97.0 Å². The van der Waals surface area contributed by atoms with Crippen LogP contribution in [-0.2, 0) is 0 Å². The average Bonchev–Trinajstić information content (AvgIpc) is 3.36. The largest absolute Gasteiger partial charge is 0.376 e. The fourth-order valence-electron chi connectivity index (χ4n) is 10.4. The average molecular weight is 841 g/mol. The molecule has 3 heteroatoms. The minimum atomic E-state index is -1.06. The van der Waals surface area contributed by atoms with Gasteiger partial charge < -0.3 is 15.3 Å². The van der Waals surface area contributed by atoms with E-state index in [4.69, 9.17) is 0 Å². The lowest BCUT2D eigenvalue weighted by atomic mass is 9.92. The molecule has 306 valence electrons. The summed E-state index contributed by atoms with van der Waals surface area (Å²) in [4.78, 5) is 0. The summed E-state index contributed by atoms with van der Waals surface area (Å²) in [5.74, 6) is 18.9. The minimum Gasteiger partial charge on any atom is -0.376 e. The van der Waals surface area contributed by atoms with E-state index in [1.165, 1.54) is 64.6 Å². The molecule has 0 bridgehead atoms. The molecule has 0 amide bonds. The van der Waals surface area contributed by atoms with E-state index >= 15 is 0 Å². The van der Waals surface area contributed by atoms with Crippen molar-refractivity contribution in [1.29, 1.82) is 0 Å². The smallest absolute Gasteiger partial charge is 0.140 e. The second kappa shape index (κ2) is 14.8. The summed E-state index contributed by atoms with van der Waals surface area (Å²) in [6.07, 6.45) is -3.19. The van der Waals surface area contributed by atoms with E-state index in [0.717, 1.165) is 32.3 Å². The molecule has 0 spiro atoms. The van der Waals surface area contributed by atoms with Crippen molar-refractivity contribution in [2.75, 3.05) is 0 Å². The predicted octanol–water partition coefficient (Wildman–Crippen LogP) is 13.6. The van der Waals surface area contributed by atoms with E-state index in [9.17, 15) is 15.3 Å². The van der Waals surface area contributed by atoms with Gasteiger partial charge in [0.05, 0.1) is 0 Å². The lowest BCUT2D eigenvalue weighted by Crippen LogP contribution is -1.96. The first kappa shape index (κ1) is 38.0. The molecule has 0 radical (unpaired) electrons. The zero-order valence-electron chi connectivity index (χ0n) is 35.4. The van der Waals surface area contributed by atoms with E-state index in [1.807, 2.05) is 54.6 Å². The van der Waals surface area contributed by atoms with Gasteiger partial charge in [0.2, 0.25) is 0 Å². The predicted molar refractivity (Wildman–Crippen MR) is 272 cm³/mol. The van der Waals surface area contributed by atoms with Crippen molar-refractivity contribution in [3.8, 4) is 35.5 Å². The molecular weight excluding hydrogens is 805 g/mol. The number of hydrogen-bond donors (Lipinski definition) is 3. The third kappa shape index (κ3) is 6.25. The van der Waals surface area contributed by atoms with Gasteiger partial charge in [-0.3, -0.25) is 0 Å². The second-order valence-electron chi connectivity index (χ2n) is 17.5. The zero-order chi connectivity index (χ0) is 44.0. The Bertz CT molecular complexity index is 3670. The number of hydrogen-bond acceptors (Lipinski definition) is 3. The van der Waals surface area contributed by atoms with Gasteiger partial charge >= 0.3 is 0 Å². The van der Waals surface area contributed by atoms with Crippen LogP contribution in [0.2, 0.25) is 0 Å². The molecule has 0 heterocycles. The fourth-order valence-corrected chi connectivity index (χ4v) is 10.4. The Balaban J connectivity index is 0.868. The molecule has 3 unspecified atom stereocenters. The highest BCUT2D eigenvalue weighted by Crippen LogP contribution is 2.39. The Labute approximate surface area is 379 Å². The standard InChI is InChI=1S/C63H36O3/c64-55(52-31-46-19-13-40-4-1-5-41-14-20-47(32-52)61(46)58(40)41)25-10-37-28-38(11-26-56(65)53-33-48-21-15-42-6-2-7-43-16-22-49(34-53)62(48)59(42)43)30-39(29-37)12-27-57(66)54-35-50-23-17-44-8-3-9-45-18-24-51(36-54)63(50)60(44)45/h1-9,13-24,28-36,55-57,64-66H. The summed E-state index contributed by atoms with van der Waals surface area (Å²) in [7, 11) is 0. The summed E-state index contributed by atoms with van der Waals surface area (Å²) >= 11 is 0. The first-order valence-electron chi connectivity index (χ1n) is 22.1. The molecule has 13 aromatic rings. The van der Waals surface area contributed by atoms with Gasteiger partial charge in [-0.2, -0.15) is 0 Å². The van der Waals surface area contributed by atoms with Crippen LogP contribution in [0.15, 0.2) is 182 Å². The van der Waals surface area contributed by atoms with Crippen molar-refractivity contribution in [1.82, 2.24) is 0 Å². The number of aliphatic hydroxyl groups excluding tert-OH is 3. The third-order valence-electron chi connectivity index (χ3n) is 13.4. The first-order chi connectivity index (χ1) is 32.4. The number of rotatable bonds is 3. The Morgan fingerprint density at radius 1 is 0.242 bits per heavy atom. The molecule has 0 aromatic heterocycles. The maximum Gasteiger partial charge on any atom is 0.140 e. The Morgan fingerprint density at radius 3 is 0.667 bits per heavy atom. The molecule has 3 atom stereocenters. The van der Waals surface area contributed by atoms with Crippen molar-refractivity contribution in [3.63, 3.8) is 0 Å². The van der Waals surface area contributed by atoms with Crippen molar-refractivity contribution in [2.24, 2.45) is 0 Å². The maximum atomic E-state index is 11.6. The molecule has 0 fully saturated rings. The van der Waals surface area contributed by atoms with Gasteiger partial charge in [0.15, 0.2) is 0 Å². The van der Waals surface area contributed by atoms with E-state index in [0.29, 0.717) is 33.4 Å². The van der Waals surface area contributed by atoms with E-state index in [-0.39, 0.29) is 0 Å². The second-order valence-corrected chi connectivity index (χ2v) is 17.5. The monoisotopic (exact) mass is 840 g/mol. The van der Waals surface area contributed by atoms with Crippen LogP contribution in [0.1, 0.15) is 51.7 Å². The van der Waals surface area contributed by atoms with Gasteiger partial charge in [-0.1, -0.05) is 163 Å². The summed E-state index contributed by atoms with van der Waals surface area (Å²) in [6.45, 7) is 0. The molecule has 0 saturated heterocycles. The Hall–Kier alpha value is -8.46. The van der Waals surface area contributed by atoms with Crippen molar-refractivity contribution < 1.29 is 15.3 Å². The lowest BCUT2D eigenvalue weighted by Gasteiger charge is -2.13. The van der Waals surface area contributed by atoms with E-state index in [2.05, 4.69) is 163 Å². The van der Waals surface area contributed by atoms with Gasteiger partial charge in [-0.15, -0.1) is 0 Å². The topological polar surface area (TPSA) is 60.7 Å². The van der Waals surface area contributed by atoms with Gasteiger partial charge in [0.25, 0.3) is 0 Å². The molecule has 0 aliphatic carbocycles. The maximum absolute atomic E-state index is 11.6. The highest BCUT2D eigenvalue weighted by atomic mass is 16.3. The number of aliphatic hydroxyl groups is 3. The number of benzene rings is 13. The summed E-state index contributed by atoms with van der Waals surface area (Å²) < 4.78 is 0. The molecule has 3 nitrogen and oxygen atoms in total. The molecule has 3 N–H and O–H groups in total. The highest BCUT2D eigenvalue weighted by molar-refractivity contribution is 6.25. The van der Waals surface area contributed by atoms with Gasteiger partial charge in [0, 0.05) is 16.7 Å². The molecule has 13 rings (SSSR count). The summed E-state index contributed by atoms with van der Waals surface area (Å²) in [5, 5.41) is 55.3. The van der Waals surface area contributed by atoms with E-state index < -0.39 is 18.3 Å². The third-order valence-corrected chi connectivity index (χ3v) is 13.4. The van der Waals surface area contributed by atoms with Gasteiger partial charge in [0.1, 0.15) is 18.3 Å². The Morgan fingerprint density at radius 2 is 0.439 bits per heavy atom. The minimum absolute atomic E-state index is 0.595. The van der Waals surface area contributed by atoms with Crippen LogP contribution in [0, 0.1) is 35.5 Å². The van der Waals surface area contributed by atoms with Crippen LogP contribution in [0.5, 0.6) is 0 Å². The fraction of sp³-hybridized carbons (Fsp3) is 0.0476. The molecular formula is C63H36O3. The van der Waals surface area contributed by atoms with Crippen LogP contribution >= 0.6 is 0 Å². The molecule has 13 aromatic carbocycles.